The number of allylic oxidation sites excluding steroid dienone is 1. The molecule has 1 aliphatic rings. The van der Waals surface area contributed by atoms with Gasteiger partial charge in [0.1, 0.15) is 0 Å². The van der Waals surface area contributed by atoms with Crippen LogP contribution in [0.2, 0.25) is 0 Å². The first kappa shape index (κ1) is 17.5. The second-order valence-corrected chi connectivity index (χ2v) is 6.98. The van der Waals surface area contributed by atoms with Crippen molar-refractivity contribution in [2.24, 2.45) is 0 Å². The smallest absolute Gasteiger partial charge is 0.297 e. The fraction of sp³-hybridized carbons (Fsp3) is 0.429. The summed E-state index contributed by atoms with van der Waals surface area (Å²) in [4.78, 5) is 16.9. The van der Waals surface area contributed by atoms with Crippen molar-refractivity contribution >= 4 is 5.82 Å². The van der Waals surface area contributed by atoms with E-state index in [1.165, 1.54) is 36.8 Å². The highest BCUT2D eigenvalue weighted by molar-refractivity contribution is 5.40. The van der Waals surface area contributed by atoms with E-state index in [9.17, 15) is 4.79 Å². The Morgan fingerprint density at radius 2 is 2.00 bits per heavy atom. The van der Waals surface area contributed by atoms with Crippen LogP contribution in [0.1, 0.15) is 57.4 Å². The number of benzene rings is 1. The summed E-state index contributed by atoms with van der Waals surface area (Å²) in [7, 11) is 0. The minimum absolute atomic E-state index is 0.0996. The third-order valence-corrected chi connectivity index (χ3v) is 4.80. The highest BCUT2D eigenvalue weighted by atomic mass is 16.1. The molecule has 4 heteroatoms. The molecule has 0 fully saturated rings. The molecule has 1 aromatic carbocycles. The quantitative estimate of drug-likeness (QED) is 0.780. The van der Waals surface area contributed by atoms with Gasteiger partial charge in [0.25, 0.3) is 5.56 Å². The zero-order chi connectivity index (χ0) is 17.6. The van der Waals surface area contributed by atoms with Gasteiger partial charge in [-0.1, -0.05) is 37.6 Å². The average molecular weight is 337 g/mol. The van der Waals surface area contributed by atoms with E-state index in [1.54, 1.807) is 17.0 Å². The van der Waals surface area contributed by atoms with Gasteiger partial charge < -0.3 is 5.32 Å². The van der Waals surface area contributed by atoms with Crippen LogP contribution in [0.3, 0.4) is 0 Å². The van der Waals surface area contributed by atoms with Gasteiger partial charge in [-0.25, -0.2) is 4.98 Å². The first-order valence-electron chi connectivity index (χ1n) is 9.25. The van der Waals surface area contributed by atoms with Crippen molar-refractivity contribution in [3.05, 3.63) is 64.2 Å². The van der Waals surface area contributed by atoms with Crippen molar-refractivity contribution in [2.45, 2.75) is 51.9 Å². The molecule has 0 saturated carbocycles. The maximum atomic E-state index is 12.7. The Kier molecular flexibility index (Phi) is 5.69. The van der Waals surface area contributed by atoms with Crippen LogP contribution in [0.15, 0.2) is 53.1 Å². The van der Waals surface area contributed by atoms with E-state index in [2.05, 4.69) is 42.4 Å². The van der Waals surface area contributed by atoms with Gasteiger partial charge in [-0.05, 0) is 55.7 Å². The number of anilines is 1. The summed E-state index contributed by atoms with van der Waals surface area (Å²) in [5.41, 5.74) is 3.54. The number of aromatic nitrogens is 2. The molecule has 0 aliphatic heterocycles. The van der Waals surface area contributed by atoms with Gasteiger partial charge in [0.15, 0.2) is 5.82 Å². The number of hydrogen-bond acceptors (Lipinski definition) is 3. The van der Waals surface area contributed by atoms with E-state index in [4.69, 9.17) is 0 Å². The third-order valence-electron chi connectivity index (χ3n) is 4.80. The predicted octanol–water partition coefficient (Wildman–Crippen LogP) is 4.66. The molecule has 3 rings (SSSR count). The molecule has 0 radical (unpaired) electrons. The molecular weight excluding hydrogens is 310 g/mol. The first-order valence-corrected chi connectivity index (χ1v) is 9.25. The topological polar surface area (TPSA) is 46.9 Å². The third kappa shape index (κ3) is 4.38. The molecule has 0 saturated heterocycles. The first-order chi connectivity index (χ1) is 12.1. The standard InChI is InChI=1S/C21H27N3O/c1-16(2)18-8-10-19(11-9-18)24-15-14-23-20(21(24)25)22-13-12-17-6-4-3-5-7-17/h6,8-11,14-16H,3-5,7,12-13H2,1-2H3,(H,22,23). The fourth-order valence-corrected chi connectivity index (χ4v) is 3.23. The maximum Gasteiger partial charge on any atom is 0.297 e. The Balaban J connectivity index is 1.71. The molecular formula is C21H27N3O. The van der Waals surface area contributed by atoms with Gasteiger partial charge in [-0.15, -0.1) is 0 Å². The van der Waals surface area contributed by atoms with Gasteiger partial charge in [0, 0.05) is 24.6 Å². The van der Waals surface area contributed by atoms with Crippen molar-refractivity contribution in [1.29, 1.82) is 0 Å². The van der Waals surface area contributed by atoms with E-state index < -0.39 is 0 Å². The zero-order valence-electron chi connectivity index (χ0n) is 15.2. The molecule has 1 aromatic heterocycles. The van der Waals surface area contributed by atoms with Crippen molar-refractivity contribution in [1.82, 2.24) is 9.55 Å². The summed E-state index contributed by atoms with van der Waals surface area (Å²) in [6.07, 6.45) is 11.7. The lowest BCUT2D eigenvalue weighted by Gasteiger charge is -2.13. The molecule has 4 nitrogen and oxygen atoms in total. The molecule has 2 aromatic rings. The molecule has 0 atom stereocenters. The van der Waals surface area contributed by atoms with Gasteiger partial charge in [-0.3, -0.25) is 9.36 Å². The van der Waals surface area contributed by atoms with E-state index in [0.29, 0.717) is 11.7 Å². The molecule has 0 unspecified atom stereocenters. The van der Waals surface area contributed by atoms with Crippen molar-refractivity contribution in [3.8, 4) is 5.69 Å². The second kappa shape index (κ2) is 8.15. The van der Waals surface area contributed by atoms with Crippen molar-refractivity contribution in [3.63, 3.8) is 0 Å². The number of nitrogens with zero attached hydrogens (tertiary/aromatic N) is 2. The van der Waals surface area contributed by atoms with Gasteiger partial charge >= 0.3 is 0 Å². The molecule has 0 bridgehead atoms. The van der Waals surface area contributed by atoms with Crippen LogP contribution in [0.25, 0.3) is 5.69 Å². The van der Waals surface area contributed by atoms with Gasteiger partial charge in [0.2, 0.25) is 0 Å². The monoisotopic (exact) mass is 337 g/mol. The molecule has 1 N–H and O–H groups in total. The molecule has 0 amide bonds. The lowest BCUT2D eigenvalue weighted by atomic mass is 9.97. The summed E-state index contributed by atoms with van der Waals surface area (Å²) in [6.45, 7) is 5.08. The Labute approximate surface area is 149 Å². The van der Waals surface area contributed by atoms with E-state index in [-0.39, 0.29) is 5.56 Å². The van der Waals surface area contributed by atoms with Gasteiger partial charge in [0.05, 0.1) is 0 Å². The highest BCUT2D eigenvalue weighted by Gasteiger charge is 2.08. The summed E-state index contributed by atoms with van der Waals surface area (Å²) >= 11 is 0. The largest absolute Gasteiger partial charge is 0.365 e. The molecule has 1 aliphatic carbocycles. The maximum absolute atomic E-state index is 12.7. The minimum Gasteiger partial charge on any atom is -0.365 e. The van der Waals surface area contributed by atoms with E-state index >= 15 is 0 Å². The van der Waals surface area contributed by atoms with Crippen LogP contribution in [0.4, 0.5) is 5.82 Å². The van der Waals surface area contributed by atoms with Crippen LogP contribution in [0.5, 0.6) is 0 Å². The average Bonchev–Trinajstić information content (AvgIpc) is 2.64. The fourth-order valence-electron chi connectivity index (χ4n) is 3.23. The van der Waals surface area contributed by atoms with Crippen molar-refractivity contribution in [2.75, 3.05) is 11.9 Å². The van der Waals surface area contributed by atoms with E-state index in [0.717, 1.165) is 18.7 Å². The summed E-state index contributed by atoms with van der Waals surface area (Å²) in [5, 5.41) is 3.21. The van der Waals surface area contributed by atoms with Gasteiger partial charge in [-0.2, -0.15) is 0 Å². The van der Waals surface area contributed by atoms with Crippen molar-refractivity contribution < 1.29 is 0 Å². The lowest BCUT2D eigenvalue weighted by molar-refractivity contribution is 0.679. The number of rotatable bonds is 6. The van der Waals surface area contributed by atoms with Crippen LogP contribution in [-0.2, 0) is 0 Å². The SMILES string of the molecule is CC(C)c1ccc(-n2ccnc(NCCC3=CCCCC3)c2=O)cc1. The van der Waals surface area contributed by atoms with Crippen LogP contribution >= 0.6 is 0 Å². The van der Waals surface area contributed by atoms with Crippen LogP contribution in [0, 0.1) is 0 Å². The second-order valence-electron chi connectivity index (χ2n) is 6.98. The molecule has 0 spiro atoms. The lowest BCUT2D eigenvalue weighted by Crippen LogP contribution is -2.23. The summed E-state index contributed by atoms with van der Waals surface area (Å²) in [6, 6.07) is 8.14. The Morgan fingerprint density at radius 1 is 1.20 bits per heavy atom. The Hall–Kier alpha value is -2.36. The predicted molar refractivity (Wildman–Crippen MR) is 104 cm³/mol. The number of nitrogens with one attached hydrogen (secondary N) is 1. The number of hydrogen-bond donors (Lipinski definition) is 1. The van der Waals surface area contributed by atoms with Crippen LogP contribution in [-0.4, -0.2) is 16.1 Å². The Morgan fingerprint density at radius 3 is 2.68 bits per heavy atom. The Bertz CT molecular complexity index is 788. The summed E-state index contributed by atoms with van der Waals surface area (Å²) < 4.78 is 1.65. The molecule has 1 heterocycles. The molecule has 25 heavy (non-hydrogen) atoms. The summed E-state index contributed by atoms with van der Waals surface area (Å²) in [5.74, 6) is 0.904. The zero-order valence-corrected chi connectivity index (χ0v) is 15.2. The highest BCUT2D eigenvalue weighted by Crippen LogP contribution is 2.20. The normalized spacial score (nSPS) is 14.4. The van der Waals surface area contributed by atoms with Crippen LogP contribution < -0.4 is 10.9 Å². The molecule has 132 valence electrons. The van der Waals surface area contributed by atoms with E-state index in [1.807, 2.05) is 12.1 Å². The minimum atomic E-state index is -0.0996.